The van der Waals surface area contributed by atoms with Crippen molar-refractivity contribution in [2.24, 2.45) is 0 Å². The molecule has 4 rings (SSSR count). The second kappa shape index (κ2) is 7.49. The van der Waals surface area contributed by atoms with Gasteiger partial charge < -0.3 is 14.0 Å². The SMILES string of the molecule is COc1ccc(S(=O)(=O)N2CCc3noc(-c4ccc(F)cc4)c3C2)cc1OC. The van der Waals surface area contributed by atoms with Gasteiger partial charge in [-0.2, -0.15) is 4.31 Å². The molecule has 152 valence electrons. The number of ether oxygens (including phenoxy) is 2. The van der Waals surface area contributed by atoms with Crippen LogP contribution in [0.3, 0.4) is 0 Å². The summed E-state index contributed by atoms with van der Waals surface area (Å²) in [7, 11) is -0.838. The molecule has 1 aliphatic heterocycles. The van der Waals surface area contributed by atoms with E-state index in [9.17, 15) is 12.8 Å². The molecule has 29 heavy (non-hydrogen) atoms. The van der Waals surface area contributed by atoms with E-state index < -0.39 is 10.0 Å². The predicted molar refractivity (Wildman–Crippen MR) is 103 cm³/mol. The molecule has 7 nitrogen and oxygen atoms in total. The Bertz CT molecular complexity index is 1140. The van der Waals surface area contributed by atoms with Crippen LogP contribution >= 0.6 is 0 Å². The van der Waals surface area contributed by atoms with Gasteiger partial charge in [0.15, 0.2) is 17.3 Å². The third-order valence-electron chi connectivity index (χ3n) is 4.90. The van der Waals surface area contributed by atoms with E-state index in [2.05, 4.69) is 5.16 Å². The molecular formula is C20H19FN2O5S. The highest BCUT2D eigenvalue weighted by Gasteiger charge is 2.33. The molecule has 0 saturated heterocycles. The summed E-state index contributed by atoms with van der Waals surface area (Å²) in [5.74, 6) is 0.875. The minimum absolute atomic E-state index is 0.110. The molecule has 0 atom stereocenters. The van der Waals surface area contributed by atoms with Gasteiger partial charge in [0.2, 0.25) is 10.0 Å². The number of rotatable bonds is 5. The number of methoxy groups -OCH3 is 2. The number of fused-ring (bicyclic) bond motifs is 1. The van der Waals surface area contributed by atoms with Gasteiger partial charge in [-0.25, -0.2) is 12.8 Å². The van der Waals surface area contributed by atoms with Crippen molar-refractivity contribution in [1.82, 2.24) is 9.46 Å². The van der Waals surface area contributed by atoms with Gasteiger partial charge in [-0.05, 0) is 36.4 Å². The Morgan fingerprint density at radius 1 is 1.07 bits per heavy atom. The summed E-state index contributed by atoms with van der Waals surface area (Å²) in [6.45, 7) is 0.390. The highest BCUT2D eigenvalue weighted by Crippen LogP contribution is 2.35. The molecule has 2 aromatic carbocycles. The summed E-state index contributed by atoms with van der Waals surface area (Å²) in [4.78, 5) is 0.110. The van der Waals surface area contributed by atoms with Gasteiger partial charge in [0, 0.05) is 36.7 Å². The van der Waals surface area contributed by atoms with Gasteiger partial charge in [0.25, 0.3) is 0 Å². The summed E-state index contributed by atoms with van der Waals surface area (Å²) in [5, 5.41) is 4.07. The van der Waals surface area contributed by atoms with Gasteiger partial charge in [-0.3, -0.25) is 0 Å². The minimum atomic E-state index is -3.78. The topological polar surface area (TPSA) is 81.9 Å². The Labute approximate surface area is 167 Å². The van der Waals surface area contributed by atoms with E-state index in [0.29, 0.717) is 40.5 Å². The van der Waals surface area contributed by atoms with Gasteiger partial charge in [-0.1, -0.05) is 5.16 Å². The monoisotopic (exact) mass is 418 g/mol. The van der Waals surface area contributed by atoms with Crippen LogP contribution in [-0.2, 0) is 23.0 Å². The summed E-state index contributed by atoms with van der Waals surface area (Å²) in [6, 6.07) is 10.3. The van der Waals surface area contributed by atoms with Gasteiger partial charge in [0.05, 0.1) is 24.8 Å². The minimum Gasteiger partial charge on any atom is -0.493 e. The average Bonchev–Trinajstić information content (AvgIpc) is 3.17. The standard InChI is InChI=1S/C20H19FN2O5S/c1-26-18-8-7-15(11-19(18)27-2)29(24,25)23-10-9-17-16(12-23)20(28-22-17)13-3-5-14(21)6-4-13/h3-8,11H,9-10,12H2,1-2H3. The fraction of sp³-hybridized carbons (Fsp3) is 0.250. The lowest BCUT2D eigenvalue weighted by atomic mass is 10.0. The molecule has 0 fully saturated rings. The number of hydrogen-bond acceptors (Lipinski definition) is 6. The van der Waals surface area contributed by atoms with Crippen molar-refractivity contribution in [3.63, 3.8) is 0 Å². The number of sulfonamides is 1. The van der Waals surface area contributed by atoms with Crippen LogP contribution < -0.4 is 9.47 Å². The third kappa shape index (κ3) is 3.47. The van der Waals surface area contributed by atoms with Crippen LogP contribution in [-0.4, -0.2) is 38.6 Å². The predicted octanol–water partition coefficient (Wildman–Crippen LogP) is 3.24. The highest BCUT2D eigenvalue weighted by molar-refractivity contribution is 7.89. The Morgan fingerprint density at radius 3 is 2.48 bits per heavy atom. The van der Waals surface area contributed by atoms with Gasteiger partial charge in [0.1, 0.15) is 5.82 Å². The Kier molecular flexibility index (Phi) is 5.01. The Balaban J connectivity index is 1.67. The Morgan fingerprint density at radius 2 is 1.79 bits per heavy atom. The maximum Gasteiger partial charge on any atom is 0.243 e. The van der Waals surface area contributed by atoms with Crippen LogP contribution in [0.2, 0.25) is 0 Å². The fourth-order valence-electron chi connectivity index (χ4n) is 3.35. The van der Waals surface area contributed by atoms with Crippen molar-refractivity contribution in [2.45, 2.75) is 17.9 Å². The largest absolute Gasteiger partial charge is 0.493 e. The zero-order valence-electron chi connectivity index (χ0n) is 15.9. The lowest BCUT2D eigenvalue weighted by Gasteiger charge is -2.26. The first-order chi connectivity index (χ1) is 13.9. The normalized spacial score (nSPS) is 14.4. The molecule has 0 unspecified atom stereocenters. The van der Waals surface area contributed by atoms with Gasteiger partial charge >= 0.3 is 0 Å². The van der Waals surface area contributed by atoms with Crippen molar-refractivity contribution in [3.05, 3.63) is 59.5 Å². The lowest BCUT2D eigenvalue weighted by Crippen LogP contribution is -2.36. The molecule has 0 spiro atoms. The second-order valence-corrected chi connectivity index (χ2v) is 8.49. The molecule has 9 heteroatoms. The number of benzene rings is 2. The summed E-state index contributed by atoms with van der Waals surface area (Å²) >= 11 is 0. The van der Waals surface area contributed by atoms with E-state index in [1.807, 2.05) is 0 Å². The maximum atomic E-state index is 13.2. The molecule has 0 bridgehead atoms. The van der Waals surface area contributed by atoms with Crippen LogP contribution in [0.5, 0.6) is 11.5 Å². The summed E-state index contributed by atoms with van der Waals surface area (Å²) in [6.07, 6.45) is 0.423. The zero-order chi connectivity index (χ0) is 20.6. The first-order valence-electron chi connectivity index (χ1n) is 8.89. The lowest BCUT2D eigenvalue weighted by molar-refractivity contribution is 0.353. The Hall–Kier alpha value is -2.91. The van der Waals surface area contributed by atoms with Crippen LogP contribution in [0.15, 0.2) is 51.9 Å². The highest BCUT2D eigenvalue weighted by atomic mass is 32.2. The molecule has 0 saturated carbocycles. The molecule has 0 N–H and O–H groups in total. The average molecular weight is 418 g/mol. The molecule has 0 radical (unpaired) electrons. The second-order valence-electron chi connectivity index (χ2n) is 6.55. The van der Waals surface area contributed by atoms with E-state index in [1.54, 1.807) is 18.2 Å². The molecule has 1 aromatic heterocycles. The number of hydrogen-bond donors (Lipinski definition) is 0. The van der Waals surface area contributed by atoms with E-state index in [4.69, 9.17) is 14.0 Å². The van der Waals surface area contributed by atoms with Gasteiger partial charge in [-0.15, -0.1) is 0 Å². The van der Waals surface area contributed by atoms with Crippen molar-refractivity contribution in [2.75, 3.05) is 20.8 Å². The van der Waals surface area contributed by atoms with E-state index >= 15 is 0 Å². The summed E-state index contributed by atoms with van der Waals surface area (Å²) in [5.41, 5.74) is 2.04. The van der Waals surface area contributed by atoms with Crippen LogP contribution in [0.25, 0.3) is 11.3 Å². The molecule has 0 amide bonds. The molecule has 1 aliphatic rings. The van der Waals surface area contributed by atoms with Crippen molar-refractivity contribution < 1.29 is 26.8 Å². The number of halogens is 1. The first-order valence-corrected chi connectivity index (χ1v) is 10.3. The maximum absolute atomic E-state index is 13.2. The van der Waals surface area contributed by atoms with Crippen molar-refractivity contribution in [3.8, 4) is 22.8 Å². The zero-order valence-corrected chi connectivity index (χ0v) is 16.7. The molecule has 2 heterocycles. The quantitative estimate of drug-likeness (QED) is 0.633. The van der Waals surface area contributed by atoms with Crippen LogP contribution in [0, 0.1) is 5.82 Å². The van der Waals surface area contributed by atoms with E-state index in [1.165, 1.54) is 42.8 Å². The van der Waals surface area contributed by atoms with Crippen molar-refractivity contribution >= 4 is 10.0 Å². The first kappa shape index (κ1) is 19.4. The number of nitrogens with zero attached hydrogens (tertiary/aromatic N) is 2. The van der Waals surface area contributed by atoms with E-state index in [-0.39, 0.29) is 23.8 Å². The van der Waals surface area contributed by atoms with Crippen LogP contribution in [0.1, 0.15) is 11.3 Å². The van der Waals surface area contributed by atoms with E-state index in [0.717, 1.165) is 0 Å². The fourth-order valence-corrected chi connectivity index (χ4v) is 4.77. The molecular weight excluding hydrogens is 399 g/mol. The third-order valence-corrected chi connectivity index (χ3v) is 6.74. The summed E-state index contributed by atoms with van der Waals surface area (Å²) < 4.78 is 56.9. The number of aromatic nitrogens is 1. The smallest absolute Gasteiger partial charge is 0.243 e. The van der Waals surface area contributed by atoms with Crippen LogP contribution in [0.4, 0.5) is 4.39 Å². The van der Waals surface area contributed by atoms with Crippen molar-refractivity contribution in [1.29, 1.82) is 0 Å². The molecule has 0 aliphatic carbocycles. The molecule has 3 aromatic rings.